The molecule has 2 saturated heterocycles. The van der Waals surface area contributed by atoms with Crippen molar-refractivity contribution in [1.29, 1.82) is 0 Å². The standard InChI is InChI=1S/C21H27N3O5/c25-18(5-6-20(27)24-10-9-22-19(26)14-24)23-16-13-21(7-11-28-12-8-21)29-17-4-2-1-3-15(16)17/h1-4,16H,5-14H2,(H,22,26)(H,23,25). The number of amides is 3. The highest BCUT2D eigenvalue weighted by Gasteiger charge is 2.42. The number of nitrogens with zero attached hydrogens (tertiary/aromatic N) is 1. The Morgan fingerprint density at radius 2 is 2.00 bits per heavy atom. The first kappa shape index (κ1) is 19.7. The molecule has 1 aromatic rings. The quantitative estimate of drug-likeness (QED) is 0.782. The number of ether oxygens (including phenoxy) is 2. The van der Waals surface area contributed by atoms with E-state index in [1.54, 1.807) is 0 Å². The minimum absolute atomic E-state index is 0.0678. The van der Waals surface area contributed by atoms with E-state index in [1.165, 1.54) is 4.90 Å². The molecule has 2 N–H and O–H groups in total. The molecular weight excluding hydrogens is 374 g/mol. The molecule has 1 atom stereocenters. The predicted octanol–water partition coefficient (Wildman–Crippen LogP) is 0.914. The number of benzene rings is 1. The van der Waals surface area contributed by atoms with Gasteiger partial charge < -0.3 is 25.0 Å². The van der Waals surface area contributed by atoms with Crippen LogP contribution >= 0.6 is 0 Å². The van der Waals surface area contributed by atoms with E-state index in [4.69, 9.17) is 9.47 Å². The molecule has 3 aliphatic rings. The van der Waals surface area contributed by atoms with Gasteiger partial charge in [-0.3, -0.25) is 14.4 Å². The Bertz CT molecular complexity index is 790. The van der Waals surface area contributed by atoms with Gasteiger partial charge in [0.25, 0.3) is 0 Å². The average Bonchev–Trinajstić information content (AvgIpc) is 2.72. The van der Waals surface area contributed by atoms with Crippen LogP contribution in [-0.4, -0.2) is 61.1 Å². The molecule has 1 spiro atoms. The van der Waals surface area contributed by atoms with E-state index in [-0.39, 0.29) is 48.8 Å². The van der Waals surface area contributed by atoms with Gasteiger partial charge in [-0.2, -0.15) is 0 Å². The average molecular weight is 401 g/mol. The maximum atomic E-state index is 12.6. The number of hydrogen-bond donors (Lipinski definition) is 2. The van der Waals surface area contributed by atoms with Crippen LogP contribution in [-0.2, 0) is 19.1 Å². The second-order valence-corrected chi connectivity index (χ2v) is 7.92. The summed E-state index contributed by atoms with van der Waals surface area (Å²) in [6.07, 6.45) is 2.49. The molecule has 3 heterocycles. The zero-order valence-corrected chi connectivity index (χ0v) is 16.4. The summed E-state index contributed by atoms with van der Waals surface area (Å²) in [6, 6.07) is 7.64. The zero-order valence-electron chi connectivity index (χ0n) is 16.4. The Kier molecular flexibility index (Phi) is 5.71. The summed E-state index contributed by atoms with van der Waals surface area (Å²) in [4.78, 5) is 37.9. The van der Waals surface area contributed by atoms with Crippen LogP contribution < -0.4 is 15.4 Å². The minimum Gasteiger partial charge on any atom is -0.487 e. The van der Waals surface area contributed by atoms with E-state index in [9.17, 15) is 14.4 Å². The van der Waals surface area contributed by atoms with Crippen molar-refractivity contribution in [1.82, 2.24) is 15.5 Å². The second kappa shape index (κ2) is 8.41. The lowest BCUT2D eigenvalue weighted by Gasteiger charge is -2.44. The third kappa shape index (κ3) is 4.53. The zero-order chi connectivity index (χ0) is 20.3. The van der Waals surface area contributed by atoms with E-state index in [0.717, 1.165) is 24.2 Å². The number of piperazine rings is 1. The Labute approximate surface area is 169 Å². The van der Waals surface area contributed by atoms with Crippen LogP contribution in [0.5, 0.6) is 5.75 Å². The van der Waals surface area contributed by atoms with E-state index in [2.05, 4.69) is 10.6 Å². The monoisotopic (exact) mass is 401 g/mol. The molecule has 3 amide bonds. The molecule has 1 unspecified atom stereocenters. The summed E-state index contributed by atoms with van der Waals surface area (Å²) in [6.45, 7) is 2.32. The number of rotatable bonds is 4. The maximum absolute atomic E-state index is 12.6. The summed E-state index contributed by atoms with van der Waals surface area (Å²) >= 11 is 0. The first-order chi connectivity index (χ1) is 14.0. The van der Waals surface area contributed by atoms with Crippen molar-refractivity contribution in [2.75, 3.05) is 32.8 Å². The van der Waals surface area contributed by atoms with E-state index in [1.807, 2.05) is 24.3 Å². The summed E-state index contributed by atoms with van der Waals surface area (Å²) in [5.41, 5.74) is 0.652. The van der Waals surface area contributed by atoms with Gasteiger partial charge >= 0.3 is 0 Å². The van der Waals surface area contributed by atoms with Gasteiger partial charge in [-0.25, -0.2) is 0 Å². The molecule has 8 nitrogen and oxygen atoms in total. The first-order valence-electron chi connectivity index (χ1n) is 10.2. The maximum Gasteiger partial charge on any atom is 0.239 e. The van der Waals surface area contributed by atoms with Crippen LogP contribution in [0.2, 0.25) is 0 Å². The van der Waals surface area contributed by atoms with E-state index in [0.29, 0.717) is 32.7 Å². The number of nitrogens with one attached hydrogen (secondary N) is 2. The highest BCUT2D eigenvalue weighted by Crippen LogP contribution is 2.43. The van der Waals surface area contributed by atoms with Gasteiger partial charge in [0, 0.05) is 50.8 Å². The number of fused-ring (bicyclic) bond motifs is 1. The fourth-order valence-electron chi connectivity index (χ4n) is 4.29. The fraction of sp³-hybridized carbons (Fsp3) is 0.571. The summed E-state index contributed by atoms with van der Waals surface area (Å²) in [7, 11) is 0. The largest absolute Gasteiger partial charge is 0.487 e. The van der Waals surface area contributed by atoms with Gasteiger partial charge in [-0.05, 0) is 6.07 Å². The van der Waals surface area contributed by atoms with Crippen molar-refractivity contribution in [2.45, 2.75) is 43.7 Å². The number of hydrogen-bond acceptors (Lipinski definition) is 5. The van der Waals surface area contributed by atoms with Crippen LogP contribution in [0.1, 0.15) is 43.7 Å². The fourth-order valence-corrected chi connectivity index (χ4v) is 4.29. The van der Waals surface area contributed by atoms with Crippen LogP contribution in [0.15, 0.2) is 24.3 Å². The van der Waals surface area contributed by atoms with Gasteiger partial charge in [0.2, 0.25) is 17.7 Å². The third-order valence-electron chi connectivity index (χ3n) is 5.89. The lowest BCUT2D eigenvalue weighted by atomic mass is 9.82. The Morgan fingerprint density at radius 1 is 1.21 bits per heavy atom. The van der Waals surface area contributed by atoms with E-state index >= 15 is 0 Å². The topological polar surface area (TPSA) is 97.0 Å². The van der Waals surface area contributed by atoms with Crippen LogP contribution in [0.3, 0.4) is 0 Å². The molecular formula is C21H27N3O5. The molecule has 0 radical (unpaired) electrons. The molecule has 0 aliphatic carbocycles. The van der Waals surface area contributed by atoms with Crippen LogP contribution in [0, 0.1) is 0 Å². The summed E-state index contributed by atoms with van der Waals surface area (Å²) in [5, 5.41) is 5.79. The summed E-state index contributed by atoms with van der Waals surface area (Å²) < 4.78 is 11.8. The Balaban J connectivity index is 1.37. The lowest BCUT2D eigenvalue weighted by Crippen LogP contribution is -2.50. The predicted molar refractivity (Wildman–Crippen MR) is 104 cm³/mol. The van der Waals surface area contributed by atoms with Crippen molar-refractivity contribution in [2.24, 2.45) is 0 Å². The molecule has 0 aromatic heterocycles. The molecule has 8 heteroatoms. The molecule has 2 fully saturated rings. The molecule has 4 rings (SSSR count). The van der Waals surface area contributed by atoms with Gasteiger partial charge in [0.05, 0.1) is 25.8 Å². The Hall–Kier alpha value is -2.61. The van der Waals surface area contributed by atoms with Gasteiger partial charge in [-0.1, -0.05) is 18.2 Å². The van der Waals surface area contributed by atoms with Crippen molar-refractivity contribution in [3.8, 4) is 5.75 Å². The smallest absolute Gasteiger partial charge is 0.239 e. The van der Waals surface area contributed by atoms with Crippen molar-refractivity contribution in [3.05, 3.63) is 29.8 Å². The molecule has 3 aliphatic heterocycles. The van der Waals surface area contributed by atoms with Gasteiger partial charge in [0.1, 0.15) is 11.4 Å². The molecule has 1 aromatic carbocycles. The SMILES string of the molecule is O=C1CN(C(=O)CCC(=O)NC2CC3(CCOCC3)Oc3ccccc32)CCN1. The lowest BCUT2D eigenvalue weighted by molar-refractivity contribution is -0.139. The number of carbonyl (C=O) groups is 3. The summed E-state index contributed by atoms with van der Waals surface area (Å²) in [5.74, 6) is 0.322. The highest BCUT2D eigenvalue weighted by atomic mass is 16.5. The van der Waals surface area contributed by atoms with Gasteiger partial charge in [-0.15, -0.1) is 0 Å². The van der Waals surface area contributed by atoms with Crippen molar-refractivity contribution < 1.29 is 23.9 Å². The molecule has 29 heavy (non-hydrogen) atoms. The third-order valence-corrected chi connectivity index (χ3v) is 5.89. The molecule has 0 bridgehead atoms. The van der Waals surface area contributed by atoms with Crippen LogP contribution in [0.25, 0.3) is 0 Å². The van der Waals surface area contributed by atoms with Gasteiger partial charge in [0.15, 0.2) is 0 Å². The van der Waals surface area contributed by atoms with Crippen molar-refractivity contribution >= 4 is 17.7 Å². The first-order valence-corrected chi connectivity index (χ1v) is 10.2. The number of para-hydroxylation sites is 1. The van der Waals surface area contributed by atoms with Crippen molar-refractivity contribution in [3.63, 3.8) is 0 Å². The molecule has 156 valence electrons. The van der Waals surface area contributed by atoms with Crippen LogP contribution in [0.4, 0.5) is 0 Å². The minimum atomic E-state index is -0.318. The Morgan fingerprint density at radius 3 is 2.79 bits per heavy atom. The van der Waals surface area contributed by atoms with E-state index < -0.39 is 0 Å². The highest BCUT2D eigenvalue weighted by molar-refractivity contribution is 5.88. The second-order valence-electron chi connectivity index (χ2n) is 7.92. The molecule has 0 saturated carbocycles. The number of carbonyl (C=O) groups excluding carboxylic acids is 3. The normalized spacial score (nSPS) is 23.0.